The lowest BCUT2D eigenvalue weighted by Gasteiger charge is -2.09. The standard InChI is InChI=1S/C19H20N2O2/c1-13-6-8-15(9-7-13)17-14(2)12-21(3)18(17)19(22)20-11-16-5-4-10-23-16/h4-10,12H,11H2,1-3H3,(H,20,22). The van der Waals surface area contributed by atoms with E-state index in [1.807, 2.05) is 36.9 Å². The molecule has 0 bridgehead atoms. The summed E-state index contributed by atoms with van der Waals surface area (Å²) in [6.45, 7) is 4.46. The Bertz CT molecular complexity index is 812. The molecule has 2 aromatic heterocycles. The summed E-state index contributed by atoms with van der Waals surface area (Å²) in [5, 5.41) is 2.92. The van der Waals surface area contributed by atoms with Gasteiger partial charge < -0.3 is 14.3 Å². The third kappa shape index (κ3) is 3.06. The summed E-state index contributed by atoms with van der Waals surface area (Å²) in [5.74, 6) is 0.633. The predicted molar refractivity (Wildman–Crippen MR) is 90.2 cm³/mol. The van der Waals surface area contributed by atoms with Gasteiger partial charge in [0.05, 0.1) is 12.8 Å². The first-order valence-corrected chi connectivity index (χ1v) is 7.60. The number of amides is 1. The number of rotatable bonds is 4. The molecule has 4 nitrogen and oxygen atoms in total. The minimum atomic E-state index is -0.104. The molecule has 118 valence electrons. The molecule has 0 unspecified atom stereocenters. The van der Waals surface area contributed by atoms with Gasteiger partial charge >= 0.3 is 0 Å². The van der Waals surface area contributed by atoms with Crippen molar-refractivity contribution in [2.24, 2.45) is 7.05 Å². The van der Waals surface area contributed by atoms with Crippen LogP contribution in [0.5, 0.6) is 0 Å². The molecule has 1 amide bonds. The number of benzene rings is 1. The van der Waals surface area contributed by atoms with E-state index in [0.717, 1.165) is 22.5 Å². The SMILES string of the molecule is Cc1ccc(-c2c(C)cn(C)c2C(=O)NCc2ccco2)cc1. The molecule has 3 aromatic rings. The average Bonchev–Trinajstić information content (AvgIpc) is 3.13. The number of nitrogens with zero attached hydrogens (tertiary/aromatic N) is 1. The van der Waals surface area contributed by atoms with Crippen LogP contribution in [0.25, 0.3) is 11.1 Å². The van der Waals surface area contributed by atoms with Gasteiger partial charge in [0, 0.05) is 18.8 Å². The van der Waals surface area contributed by atoms with Crippen LogP contribution in [0.15, 0.2) is 53.3 Å². The van der Waals surface area contributed by atoms with Gasteiger partial charge in [-0.2, -0.15) is 0 Å². The maximum absolute atomic E-state index is 12.7. The summed E-state index contributed by atoms with van der Waals surface area (Å²) in [4.78, 5) is 12.7. The van der Waals surface area contributed by atoms with Crippen molar-refractivity contribution in [1.29, 1.82) is 0 Å². The minimum Gasteiger partial charge on any atom is -0.467 e. The largest absolute Gasteiger partial charge is 0.467 e. The van der Waals surface area contributed by atoms with Crippen molar-refractivity contribution in [3.05, 3.63) is 71.4 Å². The highest BCUT2D eigenvalue weighted by atomic mass is 16.3. The summed E-state index contributed by atoms with van der Waals surface area (Å²) in [5.41, 5.74) is 4.98. The van der Waals surface area contributed by atoms with Crippen LogP contribution in [0.2, 0.25) is 0 Å². The molecule has 0 spiro atoms. The number of carbonyl (C=O) groups excluding carboxylic acids is 1. The van der Waals surface area contributed by atoms with E-state index in [1.165, 1.54) is 5.56 Å². The minimum absolute atomic E-state index is 0.104. The van der Waals surface area contributed by atoms with Crippen molar-refractivity contribution in [1.82, 2.24) is 9.88 Å². The lowest BCUT2D eigenvalue weighted by Crippen LogP contribution is -2.25. The fourth-order valence-electron chi connectivity index (χ4n) is 2.81. The summed E-state index contributed by atoms with van der Waals surface area (Å²) in [7, 11) is 1.90. The maximum atomic E-state index is 12.7. The zero-order valence-electron chi connectivity index (χ0n) is 13.6. The van der Waals surface area contributed by atoms with Gasteiger partial charge in [0.15, 0.2) is 0 Å². The Kier molecular flexibility index (Phi) is 4.06. The monoisotopic (exact) mass is 308 g/mol. The zero-order valence-corrected chi connectivity index (χ0v) is 13.6. The van der Waals surface area contributed by atoms with Gasteiger partial charge in [-0.25, -0.2) is 0 Å². The second-order valence-corrected chi connectivity index (χ2v) is 5.77. The van der Waals surface area contributed by atoms with Crippen molar-refractivity contribution in [2.45, 2.75) is 20.4 Å². The number of carbonyl (C=O) groups is 1. The normalized spacial score (nSPS) is 10.7. The zero-order chi connectivity index (χ0) is 16.4. The molecule has 1 N–H and O–H groups in total. The number of aryl methyl sites for hydroxylation is 3. The van der Waals surface area contributed by atoms with Crippen LogP contribution in [0, 0.1) is 13.8 Å². The molecule has 2 heterocycles. The second kappa shape index (κ2) is 6.16. The van der Waals surface area contributed by atoms with Crippen LogP contribution in [0.3, 0.4) is 0 Å². The summed E-state index contributed by atoms with van der Waals surface area (Å²) >= 11 is 0. The van der Waals surface area contributed by atoms with Gasteiger partial charge in [-0.05, 0) is 37.1 Å². The van der Waals surface area contributed by atoms with Crippen LogP contribution >= 0.6 is 0 Å². The highest BCUT2D eigenvalue weighted by Crippen LogP contribution is 2.29. The van der Waals surface area contributed by atoms with Crippen molar-refractivity contribution >= 4 is 5.91 Å². The van der Waals surface area contributed by atoms with E-state index in [-0.39, 0.29) is 5.91 Å². The molecule has 23 heavy (non-hydrogen) atoms. The van der Waals surface area contributed by atoms with E-state index in [4.69, 9.17) is 4.42 Å². The van der Waals surface area contributed by atoms with Crippen molar-refractivity contribution in [2.75, 3.05) is 0 Å². The number of furan rings is 1. The Hall–Kier alpha value is -2.75. The summed E-state index contributed by atoms with van der Waals surface area (Å²) < 4.78 is 7.14. The average molecular weight is 308 g/mol. The first kappa shape index (κ1) is 15.2. The summed E-state index contributed by atoms with van der Waals surface area (Å²) in [6, 6.07) is 11.9. The molecule has 4 heteroatoms. The fourth-order valence-corrected chi connectivity index (χ4v) is 2.81. The molecule has 1 aromatic carbocycles. The van der Waals surface area contributed by atoms with E-state index in [9.17, 15) is 4.79 Å². The van der Waals surface area contributed by atoms with E-state index >= 15 is 0 Å². The van der Waals surface area contributed by atoms with Crippen LogP contribution < -0.4 is 5.32 Å². The van der Waals surface area contributed by atoms with Gasteiger partial charge in [0.1, 0.15) is 11.5 Å². The second-order valence-electron chi connectivity index (χ2n) is 5.77. The number of aromatic nitrogens is 1. The highest BCUT2D eigenvalue weighted by Gasteiger charge is 2.19. The Morgan fingerprint density at radius 3 is 2.57 bits per heavy atom. The van der Waals surface area contributed by atoms with Gasteiger partial charge in [-0.3, -0.25) is 4.79 Å². The molecule has 0 fully saturated rings. The third-order valence-corrected chi connectivity index (χ3v) is 3.93. The molecule has 0 atom stereocenters. The highest BCUT2D eigenvalue weighted by molar-refractivity contribution is 6.00. The molecule has 0 saturated heterocycles. The number of nitrogens with one attached hydrogen (secondary N) is 1. The maximum Gasteiger partial charge on any atom is 0.268 e. The van der Waals surface area contributed by atoms with E-state index in [0.29, 0.717) is 12.2 Å². The molecule has 3 rings (SSSR count). The Morgan fingerprint density at radius 1 is 1.17 bits per heavy atom. The Labute approximate surface area is 135 Å². The topological polar surface area (TPSA) is 47.2 Å². The van der Waals surface area contributed by atoms with Crippen molar-refractivity contribution < 1.29 is 9.21 Å². The molecule has 0 saturated carbocycles. The molecular formula is C19H20N2O2. The number of hydrogen-bond acceptors (Lipinski definition) is 2. The quantitative estimate of drug-likeness (QED) is 0.796. The molecular weight excluding hydrogens is 288 g/mol. The molecule has 0 aliphatic carbocycles. The van der Waals surface area contributed by atoms with Crippen LogP contribution in [0.4, 0.5) is 0 Å². The van der Waals surface area contributed by atoms with Gasteiger partial charge in [0.2, 0.25) is 0 Å². The van der Waals surface area contributed by atoms with E-state index in [2.05, 4.69) is 36.5 Å². The lowest BCUT2D eigenvalue weighted by atomic mass is 10.0. The van der Waals surface area contributed by atoms with Crippen LogP contribution in [-0.4, -0.2) is 10.5 Å². The molecule has 0 radical (unpaired) electrons. The van der Waals surface area contributed by atoms with Gasteiger partial charge in [-0.1, -0.05) is 29.8 Å². The Balaban J connectivity index is 1.92. The number of hydrogen-bond donors (Lipinski definition) is 1. The Morgan fingerprint density at radius 2 is 1.91 bits per heavy atom. The van der Waals surface area contributed by atoms with Crippen LogP contribution in [-0.2, 0) is 13.6 Å². The smallest absolute Gasteiger partial charge is 0.268 e. The fraction of sp³-hybridized carbons (Fsp3) is 0.211. The third-order valence-electron chi connectivity index (χ3n) is 3.93. The lowest BCUT2D eigenvalue weighted by molar-refractivity contribution is 0.0940. The van der Waals surface area contributed by atoms with Gasteiger partial charge in [-0.15, -0.1) is 0 Å². The van der Waals surface area contributed by atoms with Crippen molar-refractivity contribution in [3.8, 4) is 11.1 Å². The first-order chi connectivity index (χ1) is 11.1. The van der Waals surface area contributed by atoms with E-state index < -0.39 is 0 Å². The summed E-state index contributed by atoms with van der Waals surface area (Å²) in [6.07, 6.45) is 3.59. The molecule has 0 aliphatic heterocycles. The molecule has 0 aliphatic rings. The predicted octanol–water partition coefficient (Wildman–Crippen LogP) is 3.83. The van der Waals surface area contributed by atoms with E-state index in [1.54, 1.807) is 6.26 Å². The van der Waals surface area contributed by atoms with Gasteiger partial charge in [0.25, 0.3) is 5.91 Å². The van der Waals surface area contributed by atoms with Crippen LogP contribution in [0.1, 0.15) is 27.4 Å². The first-order valence-electron chi connectivity index (χ1n) is 7.60. The van der Waals surface area contributed by atoms with Crippen molar-refractivity contribution in [3.63, 3.8) is 0 Å².